The highest BCUT2D eigenvalue weighted by molar-refractivity contribution is 5.95. The summed E-state index contributed by atoms with van der Waals surface area (Å²) in [6, 6.07) is 9.34. The second-order valence-corrected chi connectivity index (χ2v) is 6.32. The number of anilines is 1. The molecule has 0 aliphatic heterocycles. The van der Waals surface area contributed by atoms with Crippen LogP contribution in [0.3, 0.4) is 0 Å². The highest BCUT2D eigenvalue weighted by Crippen LogP contribution is 2.19. The molecule has 1 unspecified atom stereocenters. The predicted octanol–water partition coefficient (Wildman–Crippen LogP) is 2.98. The molecule has 0 bridgehead atoms. The smallest absolute Gasteiger partial charge is 0.243 e. The maximum atomic E-state index is 13.6. The molecule has 2 rings (SSSR count). The van der Waals surface area contributed by atoms with Crippen molar-refractivity contribution >= 4 is 17.6 Å². The molecular formula is C20H23F3N4O2. The molecule has 3 N–H and O–H groups in total. The predicted molar refractivity (Wildman–Crippen MR) is 106 cm³/mol. The maximum Gasteiger partial charge on any atom is 0.243 e. The van der Waals surface area contributed by atoms with Crippen LogP contribution in [0.4, 0.5) is 18.9 Å². The van der Waals surface area contributed by atoms with Crippen LogP contribution in [-0.2, 0) is 4.79 Å². The van der Waals surface area contributed by atoms with Gasteiger partial charge in [-0.05, 0) is 43.7 Å². The fourth-order valence-electron chi connectivity index (χ4n) is 2.40. The number of carbonyl (C=O) groups excluding carboxylic acids is 1. The molecule has 2 aromatic carbocycles. The van der Waals surface area contributed by atoms with Crippen molar-refractivity contribution in [2.24, 2.45) is 4.99 Å². The first kappa shape index (κ1) is 22.1. The van der Waals surface area contributed by atoms with Crippen LogP contribution in [0.15, 0.2) is 41.4 Å². The maximum absolute atomic E-state index is 13.6. The van der Waals surface area contributed by atoms with Crippen molar-refractivity contribution in [2.45, 2.75) is 20.0 Å². The lowest BCUT2D eigenvalue weighted by Gasteiger charge is -2.18. The fourth-order valence-corrected chi connectivity index (χ4v) is 2.40. The lowest BCUT2D eigenvalue weighted by Crippen LogP contribution is -2.44. The Balaban J connectivity index is 1.79. The number of carbonyl (C=O) groups is 1. The molecule has 1 atom stereocenters. The van der Waals surface area contributed by atoms with Gasteiger partial charge in [-0.3, -0.25) is 9.79 Å². The molecule has 0 heterocycles. The average Bonchev–Trinajstić information content (AvgIpc) is 2.68. The van der Waals surface area contributed by atoms with Gasteiger partial charge in [0.2, 0.25) is 5.91 Å². The Bertz CT molecular complexity index is 890. The van der Waals surface area contributed by atoms with Gasteiger partial charge in [0.05, 0.1) is 18.8 Å². The third-order valence-electron chi connectivity index (χ3n) is 3.83. The normalized spacial score (nSPS) is 12.3. The first-order valence-corrected chi connectivity index (χ1v) is 8.91. The van der Waals surface area contributed by atoms with Crippen LogP contribution >= 0.6 is 0 Å². The number of aliphatic imine (C=N–C) groups is 1. The standard InChI is InChI=1S/C20H23F3N4O2/c1-12-5-4-6-14(9-12)29-13(2)10-25-20(24-3)26-11-17(28)27-16-8-7-15(21)18(22)19(16)23/h4-9,13H,10-11H2,1-3H3,(H,27,28)(H2,24,25,26). The molecule has 0 aliphatic carbocycles. The second kappa shape index (κ2) is 10.4. The summed E-state index contributed by atoms with van der Waals surface area (Å²) in [7, 11) is 1.52. The van der Waals surface area contributed by atoms with Crippen molar-refractivity contribution in [3.8, 4) is 5.75 Å². The molecule has 9 heteroatoms. The summed E-state index contributed by atoms with van der Waals surface area (Å²) in [6.07, 6.45) is -0.180. The third kappa shape index (κ3) is 6.70. The van der Waals surface area contributed by atoms with Gasteiger partial charge in [0, 0.05) is 7.05 Å². The fraction of sp³-hybridized carbons (Fsp3) is 0.300. The summed E-state index contributed by atoms with van der Waals surface area (Å²) in [5.41, 5.74) is 0.641. The van der Waals surface area contributed by atoms with E-state index in [2.05, 4.69) is 20.9 Å². The molecule has 156 valence electrons. The van der Waals surface area contributed by atoms with Gasteiger partial charge >= 0.3 is 0 Å². The molecule has 0 aliphatic rings. The van der Waals surface area contributed by atoms with Crippen LogP contribution in [0, 0.1) is 24.4 Å². The largest absolute Gasteiger partial charge is 0.489 e. The van der Waals surface area contributed by atoms with Crippen molar-refractivity contribution < 1.29 is 22.7 Å². The minimum Gasteiger partial charge on any atom is -0.489 e. The van der Waals surface area contributed by atoms with Crippen LogP contribution in [-0.4, -0.2) is 38.1 Å². The number of amides is 1. The van der Waals surface area contributed by atoms with E-state index in [1.165, 1.54) is 7.05 Å². The van der Waals surface area contributed by atoms with Crippen molar-refractivity contribution in [3.05, 3.63) is 59.4 Å². The lowest BCUT2D eigenvalue weighted by molar-refractivity contribution is -0.115. The lowest BCUT2D eigenvalue weighted by atomic mass is 10.2. The van der Waals surface area contributed by atoms with Gasteiger partial charge in [-0.1, -0.05) is 12.1 Å². The van der Waals surface area contributed by atoms with Gasteiger partial charge in [-0.25, -0.2) is 13.2 Å². The number of nitrogens with one attached hydrogen (secondary N) is 3. The van der Waals surface area contributed by atoms with Crippen molar-refractivity contribution in [1.82, 2.24) is 10.6 Å². The number of aryl methyl sites for hydroxylation is 1. The van der Waals surface area contributed by atoms with E-state index in [-0.39, 0.29) is 12.6 Å². The van der Waals surface area contributed by atoms with Crippen LogP contribution in [0.5, 0.6) is 5.75 Å². The van der Waals surface area contributed by atoms with E-state index in [1.807, 2.05) is 38.1 Å². The number of rotatable bonds is 7. The zero-order valence-electron chi connectivity index (χ0n) is 16.4. The molecule has 0 radical (unpaired) electrons. The molecule has 0 saturated heterocycles. The van der Waals surface area contributed by atoms with E-state index in [0.29, 0.717) is 12.5 Å². The summed E-state index contributed by atoms with van der Waals surface area (Å²) in [4.78, 5) is 15.9. The van der Waals surface area contributed by atoms with E-state index >= 15 is 0 Å². The van der Waals surface area contributed by atoms with E-state index in [4.69, 9.17) is 4.74 Å². The van der Waals surface area contributed by atoms with Crippen molar-refractivity contribution in [2.75, 3.05) is 25.5 Å². The van der Waals surface area contributed by atoms with E-state index in [1.54, 1.807) is 0 Å². The molecule has 0 spiro atoms. The van der Waals surface area contributed by atoms with Gasteiger partial charge in [0.25, 0.3) is 0 Å². The van der Waals surface area contributed by atoms with Crippen LogP contribution in [0.25, 0.3) is 0 Å². The number of halogens is 3. The molecule has 0 fully saturated rings. The Morgan fingerprint density at radius 3 is 2.59 bits per heavy atom. The van der Waals surface area contributed by atoms with Gasteiger partial charge in [0.15, 0.2) is 23.4 Å². The summed E-state index contributed by atoms with van der Waals surface area (Å²) in [5, 5.41) is 7.92. The van der Waals surface area contributed by atoms with E-state index in [9.17, 15) is 18.0 Å². The summed E-state index contributed by atoms with van der Waals surface area (Å²) >= 11 is 0. The Labute approximate surface area is 167 Å². The van der Waals surface area contributed by atoms with E-state index < -0.39 is 29.0 Å². The topological polar surface area (TPSA) is 74.8 Å². The Morgan fingerprint density at radius 1 is 1.14 bits per heavy atom. The SMILES string of the molecule is CN=C(NCC(=O)Nc1ccc(F)c(F)c1F)NCC(C)Oc1cccc(C)c1. The minimum atomic E-state index is -1.64. The number of nitrogens with zero attached hydrogens (tertiary/aromatic N) is 1. The quantitative estimate of drug-likeness (QED) is 0.374. The van der Waals surface area contributed by atoms with Crippen LogP contribution < -0.4 is 20.7 Å². The average molecular weight is 408 g/mol. The first-order chi connectivity index (χ1) is 13.8. The summed E-state index contributed by atoms with van der Waals surface area (Å²) < 4.78 is 45.5. The van der Waals surface area contributed by atoms with Crippen LogP contribution in [0.1, 0.15) is 12.5 Å². The van der Waals surface area contributed by atoms with Gasteiger partial charge in [0.1, 0.15) is 11.9 Å². The minimum absolute atomic E-state index is 0.180. The summed E-state index contributed by atoms with van der Waals surface area (Å²) in [5.74, 6) is -4.01. The Kier molecular flexibility index (Phi) is 7.88. The van der Waals surface area contributed by atoms with Gasteiger partial charge in [-0.2, -0.15) is 0 Å². The number of benzene rings is 2. The highest BCUT2D eigenvalue weighted by atomic mass is 19.2. The number of guanidine groups is 1. The molecular weight excluding hydrogens is 385 g/mol. The van der Waals surface area contributed by atoms with Crippen molar-refractivity contribution in [3.63, 3.8) is 0 Å². The number of hydrogen-bond donors (Lipinski definition) is 3. The number of ether oxygens (including phenoxy) is 1. The Morgan fingerprint density at radius 2 is 1.90 bits per heavy atom. The molecule has 1 amide bonds. The number of hydrogen-bond acceptors (Lipinski definition) is 3. The molecule has 0 aromatic heterocycles. The molecule has 29 heavy (non-hydrogen) atoms. The first-order valence-electron chi connectivity index (χ1n) is 8.91. The monoisotopic (exact) mass is 408 g/mol. The van der Waals surface area contributed by atoms with Gasteiger partial charge < -0.3 is 20.7 Å². The molecule has 2 aromatic rings. The summed E-state index contributed by atoms with van der Waals surface area (Å²) in [6.45, 7) is 4.00. The van der Waals surface area contributed by atoms with E-state index in [0.717, 1.165) is 23.4 Å². The molecule has 6 nitrogen and oxygen atoms in total. The Hall–Kier alpha value is -3.23. The van der Waals surface area contributed by atoms with Crippen molar-refractivity contribution in [1.29, 1.82) is 0 Å². The highest BCUT2D eigenvalue weighted by Gasteiger charge is 2.15. The zero-order valence-corrected chi connectivity index (χ0v) is 16.4. The van der Waals surface area contributed by atoms with Gasteiger partial charge in [-0.15, -0.1) is 0 Å². The second-order valence-electron chi connectivity index (χ2n) is 6.32. The van der Waals surface area contributed by atoms with Crippen LogP contribution in [0.2, 0.25) is 0 Å². The third-order valence-corrected chi connectivity index (χ3v) is 3.83. The molecule has 0 saturated carbocycles. The zero-order chi connectivity index (χ0) is 21.4.